The molecule has 6 heteroatoms. The summed E-state index contributed by atoms with van der Waals surface area (Å²) in [6, 6.07) is 0. The van der Waals surface area contributed by atoms with Crippen LogP contribution in [0.4, 0.5) is 0 Å². The van der Waals surface area contributed by atoms with Gasteiger partial charge < -0.3 is 10.4 Å². The van der Waals surface area contributed by atoms with Gasteiger partial charge in [0.2, 0.25) is 0 Å². The van der Waals surface area contributed by atoms with E-state index in [2.05, 4.69) is 5.32 Å². The maximum atomic E-state index is 11.2. The Hall–Kier alpha value is -0.620. The third kappa shape index (κ3) is 3.26. The third-order valence-corrected chi connectivity index (χ3v) is 4.30. The summed E-state index contributed by atoms with van der Waals surface area (Å²) in [7, 11) is -2.91. The Bertz CT molecular complexity index is 324. The van der Waals surface area contributed by atoms with E-state index in [1.807, 2.05) is 6.92 Å². The van der Waals surface area contributed by atoms with E-state index in [0.29, 0.717) is 13.0 Å². The molecule has 1 aliphatic rings. The zero-order chi connectivity index (χ0) is 10.8. The Morgan fingerprint density at radius 2 is 2.21 bits per heavy atom. The van der Waals surface area contributed by atoms with Crippen molar-refractivity contribution in [2.45, 2.75) is 25.3 Å². The highest BCUT2D eigenvalue weighted by atomic mass is 32.2. The van der Waals surface area contributed by atoms with E-state index >= 15 is 0 Å². The monoisotopic (exact) mass is 221 g/mol. The van der Waals surface area contributed by atoms with Crippen LogP contribution in [0.1, 0.15) is 19.8 Å². The average Bonchev–Trinajstić information content (AvgIpc) is 2.25. The third-order valence-electron chi connectivity index (χ3n) is 2.39. The van der Waals surface area contributed by atoms with Gasteiger partial charge in [-0.15, -0.1) is 0 Å². The van der Waals surface area contributed by atoms with Crippen LogP contribution in [0.5, 0.6) is 0 Å². The molecular formula is C8H15NO4S. The normalized spacial score (nSPS) is 30.4. The SMILES string of the molecule is C[C@@]1(NCCC(=O)O)CCS(=O)(=O)C1. The molecule has 1 heterocycles. The number of nitrogens with one attached hydrogen (secondary N) is 1. The van der Waals surface area contributed by atoms with Crippen LogP contribution in [0.15, 0.2) is 0 Å². The number of carbonyl (C=O) groups is 1. The molecule has 1 atom stereocenters. The van der Waals surface area contributed by atoms with Crippen molar-refractivity contribution in [2.24, 2.45) is 0 Å². The number of carboxylic acids is 1. The van der Waals surface area contributed by atoms with Gasteiger partial charge in [0.25, 0.3) is 0 Å². The van der Waals surface area contributed by atoms with Crippen LogP contribution >= 0.6 is 0 Å². The van der Waals surface area contributed by atoms with Gasteiger partial charge in [-0.3, -0.25) is 4.79 Å². The van der Waals surface area contributed by atoms with Gasteiger partial charge in [0.05, 0.1) is 17.9 Å². The van der Waals surface area contributed by atoms with Gasteiger partial charge in [-0.05, 0) is 13.3 Å². The first kappa shape index (κ1) is 11.5. The van der Waals surface area contributed by atoms with E-state index in [-0.39, 0.29) is 17.9 Å². The molecule has 1 saturated heterocycles. The van der Waals surface area contributed by atoms with Crippen LogP contribution in [0, 0.1) is 0 Å². The molecule has 0 unspecified atom stereocenters. The van der Waals surface area contributed by atoms with Crippen molar-refractivity contribution in [3.05, 3.63) is 0 Å². The highest BCUT2D eigenvalue weighted by Gasteiger charge is 2.37. The first-order valence-corrected chi connectivity index (χ1v) is 6.32. The summed E-state index contributed by atoms with van der Waals surface area (Å²) in [4.78, 5) is 10.2. The van der Waals surface area contributed by atoms with Crippen molar-refractivity contribution in [1.82, 2.24) is 5.32 Å². The van der Waals surface area contributed by atoms with Crippen LogP contribution in [0.25, 0.3) is 0 Å². The summed E-state index contributed by atoms with van der Waals surface area (Å²) in [5.74, 6) is -0.564. The molecule has 0 aliphatic carbocycles. The second kappa shape index (κ2) is 3.86. The van der Waals surface area contributed by atoms with Crippen LogP contribution in [-0.2, 0) is 14.6 Å². The maximum absolute atomic E-state index is 11.2. The standard InChI is InChI=1S/C8H15NO4S/c1-8(9-4-2-7(10)11)3-5-14(12,13)6-8/h9H,2-6H2,1H3,(H,10,11)/t8-/m1/s1. The lowest BCUT2D eigenvalue weighted by molar-refractivity contribution is -0.136. The zero-order valence-corrected chi connectivity index (χ0v) is 8.93. The smallest absolute Gasteiger partial charge is 0.304 e. The largest absolute Gasteiger partial charge is 0.481 e. The van der Waals surface area contributed by atoms with E-state index in [1.165, 1.54) is 0 Å². The lowest BCUT2D eigenvalue weighted by atomic mass is 10.0. The van der Waals surface area contributed by atoms with Gasteiger partial charge in [-0.25, -0.2) is 8.42 Å². The number of carboxylic acid groups (broad SMARTS) is 1. The molecule has 0 amide bonds. The van der Waals surface area contributed by atoms with Crippen LogP contribution in [0.3, 0.4) is 0 Å². The Kier molecular flexibility index (Phi) is 3.16. The van der Waals surface area contributed by atoms with E-state index in [9.17, 15) is 13.2 Å². The molecule has 82 valence electrons. The molecule has 5 nitrogen and oxygen atoms in total. The van der Waals surface area contributed by atoms with Crippen LogP contribution in [-0.4, -0.2) is 43.1 Å². The van der Waals surface area contributed by atoms with Crippen molar-refractivity contribution in [1.29, 1.82) is 0 Å². The molecule has 2 N–H and O–H groups in total. The molecular weight excluding hydrogens is 206 g/mol. The molecule has 0 aromatic rings. The molecule has 0 bridgehead atoms. The van der Waals surface area contributed by atoms with Gasteiger partial charge in [0, 0.05) is 12.1 Å². The zero-order valence-electron chi connectivity index (χ0n) is 8.12. The molecule has 1 fully saturated rings. The Morgan fingerprint density at radius 3 is 2.64 bits per heavy atom. The fourth-order valence-corrected chi connectivity index (χ4v) is 3.74. The van der Waals surface area contributed by atoms with Gasteiger partial charge in [-0.2, -0.15) is 0 Å². The highest BCUT2D eigenvalue weighted by molar-refractivity contribution is 7.91. The highest BCUT2D eigenvalue weighted by Crippen LogP contribution is 2.22. The van der Waals surface area contributed by atoms with Gasteiger partial charge in [0.1, 0.15) is 0 Å². The predicted octanol–water partition coefficient (Wildman–Crippen LogP) is -0.372. The number of rotatable bonds is 4. The van der Waals surface area contributed by atoms with Crippen molar-refractivity contribution in [3.63, 3.8) is 0 Å². The predicted molar refractivity (Wildman–Crippen MR) is 51.9 cm³/mol. The molecule has 0 aromatic carbocycles. The quantitative estimate of drug-likeness (QED) is 0.676. The summed E-state index contributed by atoms with van der Waals surface area (Å²) in [5.41, 5.74) is -0.436. The fourth-order valence-electron chi connectivity index (χ4n) is 1.62. The molecule has 0 saturated carbocycles. The summed E-state index contributed by atoms with van der Waals surface area (Å²) in [5, 5.41) is 11.4. The Labute approximate surface area is 83.4 Å². The van der Waals surface area contributed by atoms with E-state index < -0.39 is 21.3 Å². The first-order valence-electron chi connectivity index (χ1n) is 4.50. The molecule has 14 heavy (non-hydrogen) atoms. The summed E-state index contributed by atoms with van der Waals surface area (Å²) in [6.07, 6.45) is 0.588. The second-order valence-electron chi connectivity index (χ2n) is 3.97. The number of hydrogen-bond donors (Lipinski definition) is 2. The number of hydrogen-bond acceptors (Lipinski definition) is 4. The minimum absolute atomic E-state index is 0.0235. The van der Waals surface area contributed by atoms with Gasteiger partial charge in [0.15, 0.2) is 9.84 Å². The minimum atomic E-state index is -2.91. The minimum Gasteiger partial charge on any atom is -0.481 e. The first-order chi connectivity index (χ1) is 6.33. The second-order valence-corrected chi connectivity index (χ2v) is 6.16. The van der Waals surface area contributed by atoms with Gasteiger partial charge >= 0.3 is 5.97 Å². The molecule has 0 aromatic heterocycles. The number of aliphatic carboxylic acids is 1. The van der Waals surface area contributed by atoms with Crippen molar-refractivity contribution in [3.8, 4) is 0 Å². The summed E-state index contributed by atoms with van der Waals surface area (Å²) < 4.78 is 22.4. The van der Waals surface area contributed by atoms with Crippen LogP contribution < -0.4 is 5.32 Å². The lowest BCUT2D eigenvalue weighted by Gasteiger charge is -2.23. The van der Waals surface area contributed by atoms with Crippen molar-refractivity contribution in [2.75, 3.05) is 18.1 Å². The topological polar surface area (TPSA) is 83.5 Å². The maximum Gasteiger partial charge on any atom is 0.304 e. The lowest BCUT2D eigenvalue weighted by Crippen LogP contribution is -2.44. The average molecular weight is 221 g/mol. The molecule has 0 spiro atoms. The Balaban J connectivity index is 2.41. The molecule has 1 aliphatic heterocycles. The Morgan fingerprint density at radius 1 is 1.57 bits per heavy atom. The van der Waals surface area contributed by atoms with E-state index in [1.54, 1.807) is 0 Å². The molecule has 1 rings (SSSR count). The summed E-state index contributed by atoms with van der Waals surface area (Å²) in [6.45, 7) is 2.14. The van der Waals surface area contributed by atoms with Gasteiger partial charge in [-0.1, -0.05) is 0 Å². The van der Waals surface area contributed by atoms with Crippen molar-refractivity contribution < 1.29 is 18.3 Å². The van der Waals surface area contributed by atoms with E-state index in [0.717, 1.165) is 0 Å². The summed E-state index contributed by atoms with van der Waals surface area (Å²) >= 11 is 0. The molecule has 0 radical (unpaired) electrons. The van der Waals surface area contributed by atoms with E-state index in [4.69, 9.17) is 5.11 Å². The van der Waals surface area contributed by atoms with Crippen molar-refractivity contribution >= 4 is 15.8 Å². The van der Waals surface area contributed by atoms with Crippen LogP contribution in [0.2, 0.25) is 0 Å². The fraction of sp³-hybridized carbons (Fsp3) is 0.875. The number of sulfone groups is 1.